The van der Waals surface area contributed by atoms with Gasteiger partial charge in [-0.15, -0.1) is 11.3 Å². The maximum Gasteiger partial charge on any atom is 0.261 e. The number of para-hydroxylation sites is 1. The first kappa shape index (κ1) is 23.4. The van der Waals surface area contributed by atoms with Gasteiger partial charge >= 0.3 is 0 Å². The third kappa shape index (κ3) is 4.60. The van der Waals surface area contributed by atoms with Crippen molar-refractivity contribution in [1.29, 1.82) is 0 Å². The molecule has 8 heteroatoms. The van der Waals surface area contributed by atoms with Gasteiger partial charge in [0.1, 0.15) is 16.8 Å². The van der Waals surface area contributed by atoms with Crippen LogP contribution in [0.5, 0.6) is 5.75 Å². The molecule has 2 fully saturated rings. The predicted octanol–water partition coefficient (Wildman–Crippen LogP) is 4.97. The number of thiazole rings is 1. The molecule has 0 spiro atoms. The van der Waals surface area contributed by atoms with Gasteiger partial charge in [-0.25, -0.2) is 9.88 Å². The molecule has 4 aromatic rings. The van der Waals surface area contributed by atoms with E-state index >= 15 is 0 Å². The van der Waals surface area contributed by atoms with Crippen molar-refractivity contribution in [2.75, 3.05) is 11.5 Å². The fourth-order valence-electron chi connectivity index (χ4n) is 4.73. The Balaban J connectivity index is 1.19. The Hall–Kier alpha value is -4.04. The Morgan fingerprint density at radius 1 is 1.05 bits per heavy atom. The second-order valence-electron chi connectivity index (χ2n) is 9.46. The van der Waals surface area contributed by atoms with Crippen LogP contribution in [0.3, 0.4) is 0 Å². The summed E-state index contributed by atoms with van der Waals surface area (Å²) in [5.74, 6) is -0.361. The molecule has 1 aliphatic carbocycles. The first-order chi connectivity index (χ1) is 18.0. The highest BCUT2D eigenvalue weighted by Crippen LogP contribution is 2.36. The number of hydrogen-bond donors (Lipinski definition) is 0. The van der Waals surface area contributed by atoms with Crippen LogP contribution >= 0.6 is 11.3 Å². The molecule has 1 unspecified atom stereocenters. The maximum atomic E-state index is 13.4. The summed E-state index contributed by atoms with van der Waals surface area (Å²) in [5, 5.41) is 0.882. The fraction of sp³-hybridized carbons (Fsp3) is 0.241. The highest BCUT2D eigenvalue weighted by Gasteiger charge is 2.48. The Morgan fingerprint density at radius 3 is 2.54 bits per heavy atom. The first-order valence-electron chi connectivity index (χ1n) is 12.3. The number of carbonyl (C=O) groups is 3. The molecule has 0 radical (unpaired) electrons. The summed E-state index contributed by atoms with van der Waals surface area (Å²) in [7, 11) is 0. The summed E-state index contributed by atoms with van der Waals surface area (Å²) in [6.07, 6.45) is 1.63. The van der Waals surface area contributed by atoms with Crippen LogP contribution in [0, 0.1) is 6.92 Å². The van der Waals surface area contributed by atoms with Gasteiger partial charge in [0.2, 0.25) is 5.91 Å². The quantitative estimate of drug-likeness (QED) is 0.327. The lowest BCUT2D eigenvalue weighted by Crippen LogP contribution is -2.48. The molecule has 1 saturated carbocycles. The lowest BCUT2D eigenvalue weighted by atomic mass is 10.2. The van der Waals surface area contributed by atoms with Crippen LogP contribution in [0.25, 0.3) is 20.8 Å². The highest BCUT2D eigenvalue weighted by atomic mass is 32.1. The number of fused-ring (bicyclic) bond motifs is 1. The zero-order valence-electron chi connectivity index (χ0n) is 20.3. The molecule has 1 saturated heterocycles. The molecule has 3 aromatic carbocycles. The summed E-state index contributed by atoms with van der Waals surface area (Å²) in [6.45, 7) is 1.88. The van der Waals surface area contributed by atoms with Crippen molar-refractivity contribution >= 4 is 45.0 Å². The molecule has 0 N–H and O–H groups in total. The number of amides is 3. The second-order valence-corrected chi connectivity index (χ2v) is 10.5. The van der Waals surface area contributed by atoms with E-state index in [0.29, 0.717) is 11.4 Å². The fourth-order valence-corrected chi connectivity index (χ4v) is 5.80. The molecule has 2 aliphatic rings. The van der Waals surface area contributed by atoms with Gasteiger partial charge in [0.25, 0.3) is 11.8 Å². The van der Waals surface area contributed by atoms with E-state index in [1.54, 1.807) is 40.5 Å². The minimum absolute atomic E-state index is 0.0224. The minimum Gasteiger partial charge on any atom is -0.484 e. The van der Waals surface area contributed by atoms with Crippen molar-refractivity contribution in [3.05, 3.63) is 78.4 Å². The van der Waals surface area contributed by atoms with Crippen molar-refractivity contribution < 1.29 is 19.1 Å². The number of anilines is 1. The van der Waals surface area contributed by atoms with Gasteiger partial charge in [-0.2, -0.15) is 0 Å². The van der Waals surface area contributed by atoms with E-state index in [1.165, 1.54) is 10.5 Å². The Kier molecular flexibility index (Phi) is 5.96. The number of aryl methyl sites for hydroxylation is 1. The third-order valence-electron chi connectivity index (χ3n) is 6.71. The number of imide groups is 1. The van der Waals surface area contributed by atoms with Gasteiger partial charge in [0, 0.05) is 11.6 Å². The SMILES string of the molecule is Cc1ccc2nc(-c3ccc(N4C(=O)CC(N(C(=O)COc5ccccc5)C5CC5)C4=O)cc3)sc2c1. The average molecular weight is 512 g/mol. The summed E-state index contributed by atoms with van der Waals surface area (Å²) in [5.41, 5.74) is 3.56. The lowest BCUT2D eigenvalue weighted by molar-refractivity contribution is -0.140. The molecule has 0 bridgehead atoms. The van der Waals surface area contributed by atoms with Gasteiger partial charge in [-0.1, -0.05) is 24.3 Å². The summed E-state index contributed by atoms with van der Waals surface area (Å²) >= 11 is 1.61. The molecular formula is C29H25N3O4S. The van der Waals surface area contributed by atoms with Crippen molar-refractivity contribution in [1.82, 2.24) is 9.88 Å². The normalized spacial score (nSPS) is 17.4. The summed E-state index contributed by atoms with van der Waals surface area (Å²) in [4.78, 5) is 47.0. The maximum absolute atomic E-state index is 13.4. The predicted molar refractivity (Wildman–Crippen MR) is 142 cm³/mol. The van der Waals surface area contributed by atoms with Crippen LogP contribution in [0.1, 0.15) is 24.8 Å². The molecule has 6 rings (SSSR count). The van der Waals surface area contributed by atoms with E-state index in [9.17, 15) is 14.4 Å². The van der Waals surface area contributed by atoms with Gasteiger partial charge in [-0.05, 0) is 73.9 Å². The smallest absolute Gasteiger partial charge is 0.261 e. The van der Waals surface area contributed by atoms with Crippen LogP contribution < -0.4 is 9.64 Å². The van der Waals surface area contributed by atoms with E-state index in [0.717, 1.165) is 33.6 Å². The standard InChI is InChI=1S/C29H25N3O4S/c1-18-7-14-23-25(15-18)37-28(30-23)19-8-10-21(11-9-19)32-26(33)16-24(29(32)35)31(20-12-13-20)27(34)17-36-22-5-3-2-4-6-22/h2-11,14-15,20,24H,12-13,16-17H2,1H3. The van der Waals surface area contributed by atoms with E-state index < -0.39 is 6.04 Å². The number of rotatable bonds is 7. The highest BCUT2D eigenvalue weighted by molar-refractivity contribution is 7.21. The number of carbonyl (C=O) groups excluding carboxylic acids is 3. The molecule has 1 aromatic heterocycles. The van der Waals surface area contributed by atoms with Crippen molar-refractivity contribution in [2.24, 2.45) is 0 Å². The zero-order valence-corrected chi connectivity index (χ0v) is 21.1. The largest absolute Gasteiger partial charge is 0.484 e. The molecular weight excluding hydrogens is 486 g/mol. The van der Waals surface area contributed by atoms with Crippen LogP contribution in [0.15, 0.2) is 72.8 Å². The third-order valence-corrected chi connectivity index (χ3v) is 7.78. The Labute approximate surface area is 218 Å². The van der Waals surface area contributed by atoms with Gasteiger partial charge < -0.3 is 9.64 Å². The van der Waals surface area contributed by atoms with E-state index in [2.05, 4.69) is 13.0 Å². The Morgan fingerprint density at radius 2 is 1.81 bits per heavy atom. The molecule has 2 heterocycles. The number of hydrogen-bond acceptors (Lipinski definition) is 6. The molecule has 3 amide bonds. The number of nitrogens with zero attached hydrogens (tertiary/aromatic N) is 3. The molecule has 1 atom stereocenters. The van der Waals surface area contributed by atoms with Crippen LogP contribution in [-0.2, 0) is 14.4 Å². The summed E-state index contributed by atoms with van der Waals surface area (Å²) in [6, 6.07) is 21.7. The second kappa shape index (κ2) is 9.44. The van der Waals surface area contributed by atoms with Gasteiger partial charge in [0.05, 0.1) is 22.3 Å². The number of benzene rings is 3. The lowest BCUT2D eigenvalue weighted by Gasteiger charge is -2.27. The first-order valence-corrected chi connectivity index (χ1v) is 13.1. The number of aromatic nitrogens is 1. The van der Waals surface area contributed by atoms with E-state index in [-0.39, 0.29) is 36.8 Å². The molecule has 37 heavy (non-hydrogen) atoms. The van der Waals surface area contributed by atoms with Gasteiger partial charge in [-0.3, -0.25) is 14.4 Å². The number of ether oxygens (including phenoxy) is 1. The molecule has 1 aliphatic heterocycles. The average Bonchev–Trinajstić information content (AvgIpc) is 3.58. The zero-order chi connectivity index (χ0) is 25.5. The van der Waals surface area contributed by atoms with Crippen molar-refractivity contribution in [3.8, 4) is 16.3 Å². The Bertz CT molecular complexity index is 1490. The minimum atomic E-state index is -0.806. The molecule has 186 valence electrons. The topological polar surface area (TPSA) is 79.8 Å². The van der Waals surface area contributed by atoms with Crippen LogP contribution in [0.4, 0.5) is 5.69 Å². The van der Waals surface area contributed by atoms with Crippen LogP contribution in [-0.4, -0.2) is 46.3 Å². The molecule has 7 nitrogen and oxygen atoms in total. The monoisotopic (exact) mass is 511 g/mol. The van der Waals surface area contributed by atoms with E-state index in [4.69, 9.17) is 9.72 Å². The van der Waals surface area contributed by atoms with Crippen LogP contribution in [0.2, 0.25) is 0 Å². The summed E-state index contributed by atoms with van der Waals surface area (Å²) < 4.78 is 6.76. The van der Waals surface area contributed by atoms with Crippen molar-refractivity contribution in [3.63, 3.8) is 0 Å². The van der Waals surface area contributed by atoms with Crippen molar-refractivity contribution in [2.45, 2.75) is 38.3 Å². The van der Waals surface area contributed by atoms with E-state index in [1.807, 2.05) is 42.5 Å². The van der Waals surface area contributed by atoms with Gasteiger partial charge in [0.15, 0.2) is 6.61 Å².